The lowest BCUT2D eigenvalue weighted by molar-refractivity contribution is -0.137. The molecule has 1 heterocycles. The third kappa shape index (κ3) is 4.62. The van der Waals surface area contributed by atoms with Gasteiger partial charge in [0.05, 0.1) is 17.1 Å². The van der Waals surface area contributed by atoms with Crippen molar-refractivity contribution in [1.82, 2.24) is 5.32 Å². The molecule has 0 radical (unpaired) electrons. The number of nitrogens with one attached hydrogen (secondary N) is 2. The number of benzene rings is 1. The minimum absolute atomic E-state index is 0.0492. The molecule has 0 spiro atoms. The highest BCUT2D eigenvalue weighted by atomic mass is 32.2. The first-order valence-electron chi connectivity index (χ1n) is 6.58. The van der Waals surface area contributed by atoms with Crippen molar-refractivity contribution in [3.8, 4) is 0 Å². The normalized spacial score (nSPS) is 20.6. The van der Waals surface area contributed by atoms with E-state index in [1.807, 2.05) is 0 Å². The summed E-state index contributed by atoms with van der Waals surface area (Å²) in [6.45, 7) is 0.214. The lowest BCUT2D eigenvalue weighted by Gasteiger charge is -2.12. The highest BCUT2D eigenvalue weighted by molar-refractivity contribution is 7.91. The quantitative estimate of drug-likeness (QED) is 0.889. The third-order valence-electron chi connectivity index (χ3n) is 3.35. The van der Waals surface area contributed by atoms with Crippen molar-refractivity contribution in [2.75, 3.05) is 23.4 Å². The zero-order valence-electron chi connectivity index (χ0n) is 11.5. The van der Waals surface area contributed by atoms with Crippen molar-refractivity contribution in [3.63, 3.8) is 0 Å². The molecule has 9 heteroatoms. The van der Waals surface area contributed by atoms with Crippen LogP contribution in [0.4, 0.5) is 23.7 Å². The molecule has 0 saturated carbocycles. The Morgan fingerprint density at radius 2 is 1.86 bits per heavy atom. The number of carbonyl (C=O) groups excluding carboxylic acids is 1. The summed E-state index contributed by atoms with van der Waals surface area (Å²) in [4.78, 5) is 11.6. The number of rotatable bonds is 3. The van der Waals surface area contributed by atoms with Crippen molar-refractivity contribution in [3.05, 3.63) is 29.8 Å². The minimum Gasteiger partial charge on any atom is -0.338 e. The molecule has 0 bridgehead atoms. The number of anilines is 1. The highest BCUT2D eigenvalue weighted by Gasteiger charge is 2.30. The monoisotopic (exact) mass is 336 g/mol. The van der Waals surface area contributed by atoms with Crippen LogP contribution < -0.4 is 10.6 Å². The summed E-state index contributed by atoms with van der Waals surface area (Å²) in [6, 6.07) is 3.48. The second kappa shape index (κ2) is 6.15. The van der Waals surface area contributed by atoms with Crippen LogP contribution in [0.3, 0.4) is 0 Å². The maximum Gasteiger partial charge on any atom is 0.416 e. The molecule has 0 aliphatic carbocycles. The Hall–Kier alpha value is -1.77. The Balaban J connectivity index is 1.82. The number of hydrogen-bond acceptors (Lipinski definition) is 3. The second-order valence-electron chi connectivity index (χ2n) is 5.18. The summed E-state index contributed by atoms with van der Waals surface area (Å²) in [6.07, 6.45) is -3.92. The fourth-order valence-corrected chi connectivity index (χ4v) is 4.05. The number of urea groups is 1. The van der Waals surface area contributed by atoms with Gasteiger partial charge in [0.15, 0.2) is 9.84 Å². The summed E-state index contributed by atoms with van der Waals surface area (Å²) in [5.41, 5.74) is -0.570. The third-order valence-corrected chi connectivity index (χ3v) is 5.19. The van der Waals surface area contributed by atoms with E-state index in [1.54, 1.807) is 0 Å². The average Bonchev–Trinajstić information content (AvgIpc) is 2.76. The molecule has 1 aromatic carbocycles. The molecule has 1 aliphatic rings. The number of alkyl halides is 3. The zero-order chi connectivity index (χ0) is 16.4. The first kappa shape index (κ1) is 16.6. The first-order chi connectivity index (χ1) is 10.2. The van der Waals surface area contributed by atoms with Gasteiger partial charge in [-0.25, -0.2) is 13.2 Å². The van der Waals surface area contributed by atoms with Gasteiger partial charge in [0.1, 0.15) is 0 Å². The van der Waals surface area contributed by atoms with Crippen LogP contribution in [0.1, 0.15) is 12.0 Å². The maximum atomic E-state index is 12.4. The molecule has 2 rings (SSSR count). The van der Waals surface area contributed by atoms with E-state index in [4.69, 9.17) is 0 Å². The van der Waals surface area contributed by atoms with Crippen LogP contribution in [-0.2, 0) is 16.0 Å². The Morgan fingerprint density at radius 3 is 2.36 bits per heavy atom. The highest BCUT2D eigenvalue weighted by Crippen LogP contribution is 2.29. The van der Waals surface area contributed by atoms with Gasteiger partial charge in [-0.2, -0.15) is 13.2 Å². The standard InChI is InChI=1S/C13H15F3N2O3S/c14-13(15,16)10-1-3-11(4-2-10)18-12(19)17-7-9-5-6-22(20,21)8-9/h1-4,9H,5-8H2,(H2,17,18,19)/t9-/m1/s1. The molecule has 2 N–H and O–H groups in total. The van der Waals surface area contributed by atoms with E-state index < -0.39 is 27.6 Å². The van der Waals surface area contributed by atoms with Crippen LogP contribution >= 0.6 is 0 Å². The van der Waals surface area contributed by atoms with E-state index in [9.17, 15) is 26.4 Å². The topological polar surface area (TPSA) is 75.3 Å². The van der Waals surface area contributed by atoms with Crippen LogP contribution in [0.2, 0.25) is 0 Å². The van der Waals surface area contributed by atoms with E-state index in [0.717, 1.165) is 24.3 Å². The van der Waals surface area contributed by atoms with Crippen molar-refractivity contribution < 1.29 is 26.4 Å². The number of sulfone groups is 1. The van der Waals surface area contributed by atoms with Crippen LogP contribution in [-0.4, -0.2) is 32.5 Å². The summed E-state index contributed by atoms with van der Waals surface area (Å²) in [5, 5.41) is 4.92. The SMILES string of the molecule is O=C(NC[C@H]1CCS(=O)(=O)C1)Nc1ccc(C(F)(F)F)cc1. The molecular weight excluding hydrogens is 321 g/mol. The molecule has 1 fully saturated rings. The predicted octanol–water partition coefficient (Wildman–Crippen LogP) is 2.26. The van der Waals surface area contributed by atoms with Gasteiger partial charge in [-0.15, -0.1) is 0 Å². The van der Waals surface area contributed by atoms with Gasteiger partial charge in [-0.05, 0) is 36.6 Å². The molecule has 1 saturated heterocycles. The minimum atomic E-state index is -4.42. The lowest BCUT2D eigenvalue weighted by Crippen LogP contribution is -2.33. The van der Waals surface area contributed by atoms with Crippen molar-refractivity contribution in [2.24, 2.45) is 5.92 Å². The van der Waals surface area contributed by atoms with Crippen LogP contribution in [0, 0.1) is 5.92 Å². The zero-order valence-corrected chi connectivity index (χ0v) is 12.3. The molecule has 5 nitrogen and oxygen atoms in total. The molecule has 2 amide bonds. The van der Waals surface area contributed by atoms with E-state index >= 15 is 0 Å². The summed E-state index contributed by atoms with van der Waals surface area (Å²) >= 11 is 0. The number of amides is 2. The number of carbonyl (C=O) groups is 1. The van der Waals surface area contributed by atoms with Crippen LogP contribution in [0.25, 0.3) is 0 Å². The maximum absolute atomic E-state index is 12.4. The van der Waals surface area contributed by atoms with Gasteiger partial charge in [-0.1, -0.05) is 0 Å². The molecule has 122 valence electrons. The number of halogens is 3. The van der Waals surface area contributed by atoms with Crippen LogP contribution in [0.5, 0.6) is 0 Å². The molecule has 22 heavy (non-hydrogen) atoms. The largest absolute Gasteiger partial charge is 0.416 e. The molecule has 0 aromatic heterocycles. The van der Waals surface area contributed by atoms with E-state index in [0.29, 0.717) is 6.42 Å². The average molecular weight is 336 g/mol. The Morgan fingerprint density at radius 1 is 1.23 bits per heavy atom. The molecule has 1 aromatic rings. The van der Waals surface area contributed by atoms with Gasteiger partial charge in [0.25, 0.3) is 0 Å². The van der Waals surface area contributed by atoms with Gasteiger partial charge < -0.3 is 10.6 Å². The molecule has 1 aliphatic heterocycles. The van der Waals surface area contributed by atoms with Gasteiger partial charge in [0, 0.05) is 12.2 Å². The molecule has 1 atom stereocenters. The molecular formula is C13H15F3N2O3S. The van der Waals surface area contributed by atoms with Gasteiger partial charge in [0.2, 0.25) is 0 Å². The Kier molecular flexibility index (Phi) is 4.64. The second-order valence-corrected chi connectivity index (χ2v) is 7.41. The first-order valence-corrected chi connectivity index (χ1v) is 8.40. The Labute approximate surface area is 125 Å². The van der Waals surface area contributed by atoms with Crippen molar-refractivity contribution in [2.45, 2.75) is 12.6 Å². The summed E-state index contributed by atoms with van der Waals surface area (Å²) < 4.78 is 59.7. The van der Waals surface area contributed by atoms with Gasteiger partial charge >= 0.3 is 12.2 Å². The smallest absolute Gasteiger partial charge is 0.338 e. The van der Waals surface area contributed by atoms with Crippen LogP contribution in [0.15, 0.2) is 24.3 Å². The van der Waals surface area contributed by atoms with Crippen molar-refractivity contribution in [1.29, 1.82) is 0 Å². The van der Waals surface area contributed by atoms with Gasteiger partial charge in [-0.3, -0.25) is 0 Å². The molecule has 0 unspecified atom stereocenters. The summed E-state index contributed by atoms with van der Waals surface area (Å²) in [5.74, 6) is 0.0521. The summed E-state index contributed by atoms with van der Waals surface area (Å²) in [7, 11) is -3.00. The fraction of sp³-hybridized carbons (Fsp3) is 0.462. The number of hydrogen-bond donors (Lipinski definition) is 2. The van der Waals surface area contributed by atoms with Crippen molar-refractivity contribution >= 4 is 21.6 Å². The predicted molar refractivity (Wildman–Crippen MR) is 75.2 cm³/mol. The lowest BCUT2D eigenvalue weighted by atomic mass is 10.1. The van der Waals surface area contributed by atoms with E-state index in [2.05, 4.69) is 10.6 Å². The Bertz CT molecular complexity index is 641. The fourth-order valence-electron chi connectivity index (χ4n) is 2.19. The van der Waals surface area contributed by atoms with E-state index in [-0.39, 0.29) is 29.7 Å². The van der Waals surface area contributed by atoms with E-state index in [1.165, 1.54) is 0 Å².